The van der Waals surface area contributed by atoms with Gasteiger partial charge in [0.15, 0.2) is 0 Å². The first-order chi connectivity index (χ1) is 23.0. The van der Waals surface area contributed by atoms with E-state index in [0.29, 0.717) is 12.0 Å². The van der Waals surface area contributed by atoms with Gasteiger partial charge < -0.3 is 14.0 Å². The fourth-order valence-electron chi connectivity index (χ4n) is 9.66. The van der Waals surface area contributed by atoms with Crippen LogP contribution >= 0.6 is 0 Å². The number of likely N-dealkylation sites (N-methyl/N-ethyl adjacent to an activating group) is 1. The molecule has 4 aliphatic heterocycles. The standard InChI is InChI=1S/C41H42N6/c1-25-16-29-20-39(47-38-9-13-44(3)22-35(38)32(17-25)40(29)47)28-4-5-30(43-21-28)8-14-45-15-10-37-36(23-45)33-19-26(2)18-31-34(24-46(37)41(31)33)27-6-11-42-12-7-27/h4-7,11-12,16-19,21,34,39H,8-10,13-15,20,22-24H2,1-3H3. The molecule has 2 aromatic carbocycles. The van der Waals surface area contributed by atoms with Crippen LogP contribution in [0.1, 0.15) is 73.5 Å². The Morgan fingerprint density at radius 1 is 0.809 bits per heavy atom. The second kappa shape index (κ2) is 10.4. The summed E-state index contributed by atoms with van der Waals surface area (Å²) in [6.07, 6.45) is 10.4. The Balaban J connectivity index is 0.880. The highest BCUT2D eigenvalue weighted by Crippen LogP contribution is 2.45. The summed E-state index contributed by atoms with van der Waals surface area (Å²) in [5, 5.41) is 2.95. The summed E-state index contributed by atoms with van der Waals surface area (Å²) in [6, 6.07) is 19.1. The Morgan fingerprint density at radius 2 is 1.60 bits per heavy atom. The van der Waals surface area contributed by atoms with Gasteiger partial charge in [-0.05, 0) is 91.0 Å². The summed E-state index contributed by atoms with van der Waals surface area (Å²) in [5.74, 6) is 0.422. The fraction of sp³-hybridized carbons (Fsp3) is 0.366. The van der Waals surface area contributed by atoms with E-state index in [0.717, 1.165) is 65.0 Å². The predicted molar refractivity (Wildman–Crippen MR) is 188 cm³/mol. The van der Waals surface area contributed by atoms with Crippen LogP contribution in [0.4, 0.5) is 0 Å². The van der Waals surface area contributed by atoms with Crippen LogP contribution in [0.2, 0.25) is 0 Å². The molecule has 4 aromatic heterocycles. The maximum atomic E-state index is 5.07. The number of nitrogens with zero attached hydrogens (tertiary/aromatic N) is 6. The number of hydrogen-bond donors (Lipinski definition) is 0. The van der Waals surface area contributed by atoms with Gasteiger partial charge in [0.25, 0.3) is 0 Å². The average Bonchev–Trinajstić information content (AvgIpc) is 3.82. The first kappa shape index (κ1) is 27.8. The van der Waals surface area contributed by atoms with Gasteiger partial charge in [-0.1, -0.05) is 29.3 Å². The van der Waals surface area contributed by atoms with Crippen LogP contribution in [0, 0.1) is 13.8 Å². The van der Waals surface area contributed by atoms with Gasteiger partial charge in [-0.3, -0.25) is 14.9 Å². The van der Waals surface area contributed by atoms with Crippen molar-refractivity contribution in [3.05, 3.63) is 129 Å². The highest BCUT2D eigenvalue weighted by Gasteiger charge is 2.35. The molecule has 0 N–H and O–H groups in total. The van der Waals surface area contributed by atoms with Crippen molar-refractivity contribution >= 4 is 21.8 Å². The lowest BCUT2D eigenvalue weighted by atomic mass is 9.90. The van der Waals surface area contributed by atoms with Crippen molar-refractivity contribution in [2.75, 3.05) is 26.7 Å². The Morgan fingerprint density at radius 3 is 2.43 bits per heavy atom. The van der Waals surface area contributed by atoms with Crippen molar-refractivity contribution in [2.45, 2.75) is 71.1 Å². The Hall–Kier alpha value is -4.26. The second-order valence-corrected chi connectivity index (χ2v) is 14.8. The zero-order valence-corrected chi connectivity index (χ0v) is 27.8. The summed E-state index contributed by atoms with van der Waals surface area (Å²) in [4.78, 5) is 14.5. The van der Waals surface area contributed by atoms with Gasteiger partial charge in [0.2, 0.25) is 0 Å². The van der Waals surface area contributed by atoms with Crippen molar-refractivity contribution in [3.8, 4) is 0 Å². The van der Waals surface area contributed by atoms with Gasteiger partial charge in [0.1, 0.15) is 0 Å². The van der Waals surface area contributed by atoms with Crippen LogP contribution in [0.15, 0.2) is 67.1 Å². The van der Waals surface area contributed by atoms with Crippen LogP contribution in [0.25, 0.3) is 21.8 Å². The van der Waals surface area contributed by atoms with Crippen molar-refractivity contribution in [2.24, 2.45) is 0 Å². The maximum Gasteiger partial charge on any atom is 0.0645 e. The molecule has 0 radical (unpaired) electrons. The molecule has 0 saturated heterocycles. The maximum absolute atomic E-state index is 5.07. The number of aryl methyl sites for hydroxylation is 2. The molecule has 0 saturated carbocycles. The van der Waals surface area contributed by atoms with Gasteiger partial charge in [-0.2, -0.15) is 0 Å². The molecule has 6 aromatic rings. The summed E-state index contributed by atoms with van der Waals surface area (Å²) in [6.45, 7) is 10.9. The number of rotatable bonds is 5. The van der Waals surface area contributed by atoms with Crippen LogP contribution in [0.5, 0.6) is 0 Å². The van der Waals surface area contributed by atoms with Crippen LogP contribution in [-0.2, 0) is 45.3 Å². The van der Waals surface area contributed by atoms with Gasteiger partial charge in [-0.15, -0.1) is 0 Å². The van der Waals surface area contributed by atoms with Gasteiger partial charge in [-0.25, -0.2) is 0 Å². The first-order valence-corrected chi connectivity index (χ1v) is 17.6. The Labute approximate surface area is 276 Å². The summed E-state index contributed by atoms with van der Waals surface area (Å²) >= 11 is 0. The number of fused-ring (bicyclic) bond motifs is 6. The second-order valence-electron chi connectivity index (χ2n) is 14.8. The number of hydrogen-bond acceptors (Lipinski definition) is 4. The summed E-state index contributed by atoms with van der Waals surface area (Å²) in [5.41, 5.74) is 18.8. The van der Waals surface area contributed by atoms with Gasteiger partial charge >= 0.3 is 0 Å². The van der Waals surface area contributed by atoms with E-state index >= 15 is 0 Å². The molecule has 8 heterocycles. The number of pyridine rings is 2. The number of benzene rings is 2. The minimum absolute atomic E-state index is 0.353. The average molecular weight is 619 g/mol. The first-order valence-electron chi connectivity index (χ1n) is 17.6. The summed E-state index contributed by atoms with van der Waals surface area (Å²) in [7, 11) is 2.25. The zero-order chi connectivity index (χ0) is 31.4. The molecule has 6 nitrogen and oxygen atoms in total. The van der Waals surface area contributed by atoms with Crippen molar-refractivity contribution in [1.29, 1.82) is 0 Å². The van der Waals surface area contributed by atoms with E-state index < -0.39 is 0 Å². The third kappa shape index (κ3) is 4.24. The van der Waals surface area contributed by atoms with E-state index in [9.17, 15) is 0 Å². The monoisotopic (exact) mass is 618 g/mol. The molecular formula is C41H42N6. The molecule has 2 unspecified atom stereocenters. The Bertz CT molecular complexity index is 2210. The van der Waals surface area contributed by atoms with E-state index in [4.69, 9.17) is 4.98 Å². The van der Waals surface area contributed by atoms with Crippen molar-refractivity contribution < 1.29 is 0 Å². The summed E-state index contributed by atoms with van der Waals surface area (Å²) < 4.78 is 5.34. The molecule has 0 bridgehead atoms. The highest BCUT2D eigenvalue weighted by atomic mass is 15.2. The smallest absolute Gasteiger partial charge is 0.0645 e. The molecule has 4 aliphatic rings. The van der Waals surface area contributed by atoms with E-state index in [1.165, 1.54) is 60.9 Å². The van der Waals surface area contributed by atoms with E-state index in [-0.39, 0.29) is 0 Å². The minimum Gasteiger partial charge on any atom is -0.343 e. The zero-order valence-electron chi connectivity index (χ0n) is 27.8. The molecule has 0 aliphatic carbocycles. The lowest BCUT2D eigenvalue weighted by Gasteiger charge is -2.28. The third-order valence-electron chi connectivity index (χ3n) is 11.8. The van der Waals surface area contributed by atoms with Crippen LogP contribution in [0.3, 0.4) is 0 Å². The van der Waals surface area contributed by atoms with E-state index in [1.807, 2.05) is 12.4 Å². The molecule has 0 amide bonds. The molecule has 10 rings (SSSR count). The molecule has 236 valence electrons. The minimum atomic E-state index is 0.353. The molecule has 47 heavy (non-hydrogen) atoms. The molecule has 0 fully saturated rings. The topological polar surface area (TPSA) is 42.1 Å². The van der Waals surface area contributed by atoms with Crippen LogP contribution < -0.4 is 0 Å². The lowest BCUT2D eigenvalue weighted by Crippen LogP contribution is -2.33. The quantitative estimate of drug-likeness (QED) is 0.211. The van der Waals surface area contributed by atoms with Crippen molar-refractivity contribution in [1.82, 2.24) is 28.9 Å². The number of aromatic nitrogens is 4. The fourth-order valence-corrected chi connectivity index (χ4v) is 9.66. The predicted octanol–water partition coefficient (Wildman–Crippen LogP) is 6.88. The molecule has 0 spiro atoms. The third-order valence-corrected chi connectivity index (χ3v) is 11.8. The van der Waals surface area contributed by atoms with Crippen molar-refractivity contribution in [3.63, 3.8) is 0 Å². The SMILES string of the molecule is Cc1cc2c3c(c1)c1c(n3CC2c2ccncc2)CCN(CCc2ccc(C3Cc4cc(C)cc5c6c(n3c45)CCN(C)C6)cn2)C1. The highest BCUT2D eigenvalue weighted by molar-refractivity contribution is 5.92. The van der Waals surface area contributed by atoms with Crippen LogP contribution in [-0.4, -0.2) is 55.6 Å². The van der Waals surface area contributed by atoms with Gasteiger partial charge in [0, 0.05) is 111 Å². The van der Waals surface area contributed by atoms with Gasteiger partial charge in [0.05, 0.1) is 17.1 Å². The van der Waals surface area contributed by atoms with E-state index in [2.05, 4.69) is 99.5 Å². The molecular weight excluding hydrogens is 576 g/mol. The molecule has 6 heteroatoms. The lowest BCUT2D eigenvalue weighted by molar-refractivity contribution is 0.254. The largest absolute Gasteiger partial charge is 0.343 e. The molecule has 2 atom stereocenters. The normalized spacial score (nSPS) is 20.4. The van der Waals surface area contributed by atoms with E-state index in [1.54, 1.807) is 22.5 Å². The Kier molecular flexibility index (Phi) is 6.14.